The number of nitrogens with zero attached hydrogens (tertiary/aromatic N) is 2. The molecule has 3 amide bonds. The van der Waals surface area contributed by atoms with Crippen LogP contribution in [0.25, 0.3) is 0 Å². The smallest absolute Gasteiger partial charge is 0.409 e. The van der Waals surface area contributed by atoms with Crippen LogP contribution in [0.15, 0.2) is 18.2 Å². The van der Waals surface area contributed by atoms with Crippen LogP contribution in [0.2, 0.25) is 0 Å². The van der Waals surface area contributed by atoms with Crippen LogP contribution in [0.3, 0.4) is 0 Å². The van der Waals surface area contributed by atoms with Crippen molar-refractivity contribution in [2.24, 2.45) is 0 Å². The summed E-state index contributed by atoms with van der Waals surface area (Å²) in [5, 5.41) is 2.70. The van der Waals surface area contributed by atoms with Crippen LogP contribution in [0, 0.1) is 0 Å². The number of methoxy groups -OCH3 is 2. The van der Waals surface area contributed by atoms with Crippen molar-refractivity contribution < 1.29 is 28.6 Å². The van der Waals surface area contributed by atoms with E-state index in [1.807, 2.05) is 0 Å². The van der Waals surface area contributed by atoms with Gasteiger partial charge in [-0.05, 0) is 26.0 Å². The molecule has 1 aromatic rings. The van der Waals surface area contributed by atoms with Crippen molar-refractivity contribution in [3.8, 4) is 11.5 Å². The van der Waals surface area contributed by atoms with Gasteiger partial charge in [-0.25, -0.2) is 4.79 Å². The van der Waals surface area contributed by atoms with Crippen molar-refractivity contribution >= 4 is 17.9 Å². The second-order valence-corrected chi connectivity index (χ2v) is 6.31. The average Bonchev–Trinajstić information content (AvgIpc) is 2.72. The van der Waals surface area contributed by atoms with Crippen molar-refractivity contribution in [2.75, 3.05) is 47.0 Å². The fourth-order valence-corrected chi connectivity index (χ4v) is 2.88. The number of rotatable bonds is 6. The summed E-state index contributed by atoms with van der Waals surface area (Å²) in [4.78, 5) is 40.1. The molecule has 1 atom stereocenters. The van der Waals surface area contributed by atoms with Crippen molar-refractivity contribution in [1.82, 2.24) is 15.1 Å². The van der Waals surface area contributed by atoms with Gasteiger partial charge in [0.1, 0.15) is 17.5 Å². The quantitative estimate of drug-likeness (QED) is 0.778. The maximum absolute atomic E-state index is 12.6. The highest BCUT2D eigenvalue weighted by molar-refractivity contribution is 5.98. The highest BCUT2D eigenvalue weighted by Crippen LogP contribution is 2.22. The highest BCUT2D eigenvalue weighted by Gasteiger charge is 2.28. The molecule has 0 radical (unpaired) electrons. The topological polar surface area (TPSA) is 97.4 Å². The number of nitrogens with one attached hydrogen (secondary N) is 1. The first-order valence-electron chi connectivity index (χ1n) is 9.14. The van der Waals surface area contributed by atoms with Crippen LogP contribution in [-0.4, -0.2) is 80.8 Å². The summed E-state index contributed by atoms with van der Waals surface area (Å²) >= 11 is 0. The Morgan fingerprint density at radius 3 is 2.04 bits per heavy atom. The summed E-state index contributed by atoms with van der Waals surface area (Å²) in [6, 6.07) is 4.10. The van der Waals surface area contributed by atoms with Crippen LogP contribution in [-0.2, 0) is 9.53 Å². The molecule has 0 unspecified atom stereocenters. The highest BCUT2D eigenvalue weighted by atomic mass is 16.6. The first-order chi connectivity index (χ1) is 13.4. The summed E-state index contributed by atoms with van der Waals surface area (Å²) in [6.45, 7) is 5.29. The zero-order chi connectivity index (χ0) is 20.7. The number of piperazine rings is 1. The van der Waals surface area contributed by atoms with E-state index >= 15 is 0 Å². The largest absolute Gasteiger partial charge is 0.497 e. The van der Waals surface area contributed by atoms with Gasteiger partial charge in [0.2, 0.25) is 5.91 Å². The fourth-order valence-electron chi connectivity index (χ4n) is 2.88. The first-order valence-corrected chi connectivity index (χ1v) is 9.14. The van der Waals surface area contributed by atoms with E-state index in [1.54, 1.807) is 41.8 Å². The molecule has 0 saturated carbocycles. The maximum Gasteiger partial charge on any atom is 0.409 e. The number of carbonyl (C=O) groups excluding carboxylic acids is 3. The maximum atomic E-state index is 12.6. The van der Waals surface area contributed by atoms with Gasteiger partial charge >= 0.3 is 6.09 Å². The zero-order valence-corrected chi connectivity index (χ0v) is 16.7. The molecule has 154 valence electrons. The van der Waals surface area contributed by atoms with E-state index in [0.717, 1.165) is 0 Å². The SMILES string of the molecule is CCOC(=O)N1CCN(C(=O)[C@@H](C)NC(=O)c2cc(OC)cc(OC)c2)CC1. The zero-order valence-electron chi connectivity index (χ0n) is 16.7. The number of hydrogen-bond acceptors (Lipinski definition) is 6. The second-order valence-electron chi connectivity index (χ2n) is 6.31. The Morgan fingerprint density at radius 1 is 1.00 bits per heavy atom. The van der Waals surface area contributed by atoms with Gasteiger partial charge < -0.3 is 29.3 Å². The summed E-state index contributed by atoms with van der Waals surface area (Å²) < 4.78 is 15.3. The number of ether oxygens (including phenoxy) is 3. The third-order valence-corrected chi connectivity index (χ3v) is 4.45. The Morgan fingerprint density at radius 2 is 1.54 bits per heavy atom. The first kappa shape index (κ1) is 21.3. The van der Waals surface area contributed by atoms with E-state index in [1.165, 1.54) is 14.2 Å². The Hall–Kier alpha value is -2.97. The van der Waals surface area contributed by atoms with E-state index < -0.39 is 11.9 Å². The average molecular weight is 393 g/mol. The van der Waals surface area contributed by atoms with Gasteiger partial charge in [0.15, 0.2) is 0 Å². The summed E-state index contributed by atoms with van der Waals surface area (Å²) in [5.74, 6) is 0.368. The van der Waals surface area contributed by atoms with Crippen LogP contribution in [0.5, 0.6) is 11.5 Å². The normalized spacial score (nSPS) is 14.9. The fraction of sp³-hybridized carbons (Fsp3) is 0.526. The van der Waals surface area contributed by atoms with E-state index in [0.29, 0.717) is 49.8 Å². The van der Waals surface area contributed by atoms with Gasteiger partial charge in [-0.15, -0.1) is 0 Å². The lowest BCUT2D eigenvalue weighted by molar-refractivity contribution is -0.134. The minimum Gasteiger partial charge on any atom is -0.497 e. The Labute approximate surface area is 164 Å². The Balaban J connectivity index is 1.94. The predicted octanol–water partition coefficient (Wildman–Crippen LogP) is 1.12. The van der Waals surface area contributed by atoms with Gasteiger partial charge in [0, 0.05) is 37.8 Å². The lowest BCUT2D eigenvalue weighted by Gasteiger charge is -2.35. The number of benzene rings is 1. The van der Waals surface area contributed by atoms with Gasteiger partial charge in [-0.2, -0.15) is 0 Å². The minimum absolute atomic E-state index is 0.202. The van der Waals surface area contributed by atoms with Crippen LogP contribution < -0.4 is 14.8 Å². The molecule has 9 heteroatoms. The summed E-state index contributed by atoms with van der Waals surface area (Å²) in [6.07, 6.45) is -0.372. The predicted molar refractivity (Wildman–Crippen MR) is 102 cm³/mol. The minimum atomic E-state index is -0.709. The van der Waals surface area contributed by atoms with Crippen molar-refractivity contribution in [3.63, 3.8) is 0 Å². The molecule has 0 aromatic heterocycles. The molecular weight excluding hydrogens is 366 g/mol. The number of hydrogen-bond donors (Lipinski definition) is 1. The molecule has 0 bridgehead atoms. The molecule has 9 nitrogen and oxygen atoms in total. The van der Waals surface area contributed by atoms with Gasteiger partial charge in [-0.1, -0.05) is 0 Å². The molecule has 1 saturated heterocycles. The van der Waals surface area contributed by atoms with Crippen LogP contribution in [0.1, 0.15) is 24.2 Å². The molecule has 1 aromatic carbocycles. The lowest BCUT2D eigenvalue weighted by Crippen LogP contribution is -2.55. The molecule has 0 aliphatic carbocycles. The molecule has 28 heavy (non-hydrogen) atoms. The second kappa shape index (κ2) is 9.82. The molecule has 1 heterocycles. The van der Waals surface area contributed by atoms with E-state index in [4.69, 9.17) is 14.2 Å². The van der Waals surface area contributed by atoms with Crippen LogP contribution >= 0.6 is 0 Å². The molecule has 1 fully saturated rings. The van der Waals surface area contributed by atoms with E-state index in [9.17, 15) is 14.4 Å². The van der Waals surface area contributed by atoms with Gasteiger partial charge in [-0.3, -0.25) is 9.59 Å². The summed E-state index contributed by atoms with van der Waals surface area (Å²) in [7, 11) is 3.00. The molecule has 2 rings (SSSR count). The monoisotopic (exact) mass is 393 g/mol. The standard InChI is InChI=1S/C19H27N3O6/c1-5-28-19(25)22-8-6-21(7-9-22)18(24)13(2)20-17(23)14-10-15(26-3)12-16(11-14)27-4/h10-13H,5-9H2,1-4H3,(H,20,23)/t13-/m1/s1. The van der Waals surface area contributed by atoms with E-state index in [2.05, 4.69) is 5.32 Å². The summed E-state index contributed by atoms with van der Waals surface area (Å²) in [5.41, 5.74) is 0.336. The molecule has 1 aliphatic rings. The van der Waals surface area contributed by atoms with Crippen molar-refractivity contribution in [1.29, 1.82) is 0 Å². The van der Waals surface area contributed by atoms with E-state index in [-0.39, 0.29) is 12.0 Å². The van der Waals surface area contributed by atoms with Gasteiger partial charge in [0.05, 0.1) is 20.8 Å². The van der Waals surface area contributed by atoms with Crippen LogP contribution in [0.4, 0.5) is 4.79 Å². The molecule has 0 spiro atoms. The number of carbonyl (C=O) groups is 3. The molecule has 1 N–H and O–H groups in total. The third kappa shape index (κ3) is 5.28. The molecule has 1 aliphatic heterocycles. The number of amides is 3. The Bertz CT molecular complexity index is 693. The lowest BCUT2D eigenvalue weighted by atomic mass is 10.1. The van der Waals surface area contributed by atoms with Gasteiger partial charge in [0.25, 0.3) is 5.91 Å². The Kier molecular flexibility index (Phi) is 7.48. The molecular formula is C19H27N3O6. The third-order valence-electron chi connectivity index (χ3n) is 4.45. The van der Waals surface area contributed by atoms with Crippen molar-refractivity contribution in [2.45, 2.75) is 19.9 Å². The van der Waals surface area contributed by atoms with Crippen molar-refractivity contribution in [3.05, 3.63) is 23.8 Å².